The zero-order valence-corrected chi connectivity index (χ0v) is 23.5. The molecule has 2 aromatic heterocycles. The highest BCUT2D eigenvalue weighted by atomic mass is 15.0. The molecule has 0 amide bonds. The van der Waals surface area contributed by atoms with Crippen LogP contribution >= 0.6 is 0 Å². The molecular formula is C39H27N3. The molecule has 0 aliphatic heterocycles. The van der Waals surface area contributed by atoms with Crippen LogP contribution in [0.5, 0.6) is 0 Å². The minimum atomic E-state index is -0.173. The second-order valence-corrected chi connectivity index (χ2v) is 11.8. The van der Waals surface area contributed by atoms with E-state index in [0.29, 0.717) is 0 Å². The van der Waals surface area contributed by atoms with Crippen LogP contribution in [-0.2, 0) is 5.41 Å². The number of nitrogens with zero attached hydrogens (tertiary/aromatic N) is 3. The lowest BCUT2D eigenvalue weighted by Crippen LogP contribution is -2.15. The van der Waals surface area contributed by atoms with Crippen LogP contribution in [0.1, 0.15) is 25.0 Å². The third kappa shape index (κ3) is 3.05. The lowest BCUT2D eigenvalue weighted by Gasteiger charge is -2.22. The maximum absolute atomic E-state index is 5.34. The summed E-state index contributed by atoms with van der Waals surface area (Å²) in [5, 5.41) is 6.15. The Morgan fingerprint density at radius 2 is 1.33 bits per heavy atom. The maximum Gasteiger partial charge on any atom is 0.159 e. The third-order valence-corrected chi connectivity index (χ3v) is 9.21. The van der Waals surface area contributed by atoms with Gasteiger partial charge in [0.15, 0.2) is 5.82 Å². The van der Waals surface area contributed by atoms with Gasteiger partial charge in [-0.25, -0.2) is 9.97 Å². The van der Waals surface area contributed by atoms with Crippen molar-refractivity contribution in [3.05, 3.63) is 139 Å². The monoisotopic (exact) mass is 537 g/mol. The lowest BCUT2D eigenvalue weighted by atomic mass is 9.81. The molecule has 0 bridgehead atoms. The van der Waals surface area contributed by atoms with E-state index >= 15 is 0 Å². The average molecular weight is 538 g/mol. The largest absolute Gasteiger partial charge is 0.306 e. The first-order valence-electron chi connectivity index (χ1n) is 14.5. The summed E-state index contributed by atoms with van der Waals surface area (Å²) in [6.07, 6.45) is 2.02. The third-order valence-electron chi connectivity index (χ3n) is 9.21. The van der Waals surface area contributed by atoms with Crippen molar-refractivity contribution in [1.29, 1.82) is 0 Å². The van der Waals surface area contributed by atoms with E-state index in [1.807, 2.05) is 24.4 Å². The van der Waals surface area contributed by atoms with Crippen molar-refractivity contribution in [2.75, 3.05) is 0 Å². The molecule has 42 heavy (non-hydrogen) atoms. The van der Waals surface area contributed by atoms with Crippen molar-refractivity contribution in [3.8, 4) is 28.2 Å². The Morgan fingerprint density at radius 1 is 0.619 bits per heavy atom. The molecule has 6 aromatic carbocycles. The van der Waals surface area contributed by atoms with E-state index in [2.05, 4.69) is 122 Å². The predicted molar refractivity (Wildman–Crippen MR) is 174 cm³/mol. The fourth-order valence-electron chi connectivity index (χ4n) is 7.35. The Hall–Kier alpha value is -5.28. The van der Waals surface area contributed by atoms with Crippen LogP contribution in [0.25, 0.3) is 71.7 Å². The van der Waals surface area contributed by atoms with Crippen LogP contribution in [0.2, 0.25) is 0 Å². The Balaban J connectivity index is 1.47. The van der Waals surface area contributed by atoms with Crippen molar-refractivity contribution in [2.45, 2.75) is 19.3 Å². The van der Waals surface area contributed by atoms with Gasteiger partial charge in [-0.15, -0.1) is 0 Å². The zero-order chi connectivity index (χ0) is 28.0. The SMILES string of the molecule is CC1(C)c2ccccc2-c2ccc3c(c21)c1nc(-c2ccccc2)ncc1n3-c1cc2ccccc2c2ccccc12. The lowest BCUT2D eigenvalue weighted by molar-refractivity contribution is 0.666. The molecule has 0 fully saturated rings. The number of fused-ring (bicyclic) bond motifs is 10. The van der Waals surface area contributed by atoms with E-state index in [0.717, 1.165) is 33.6 Å². The molecule has 0 saturated carbocycles. The minimum Gasteiger partial charge on any atom is -0.306 e. The summed E-state index contributed by atoms with van der Waals surface area (Å²) in [5.74, 6) is 0.747. The molecule has 3 nitrogen and oxygen atoms in total. The van der Waals surface area contributed by atoms with Crippen molar-refractivity contribution in [3.63, 3.8) is 0 Å². The molecule has 1 aliphatic rings. The van der Waals surface area contributed by atoms with Crippen LogP contribution in [0, 0.1) is 0 Å². The summed E-state index contributed by atoms with van der Waals surface area (Å²) in [6.45, 7) is 4.70. The van der Waals surface area contributed by atoms with E-state index in [-0.39, 0.29) is 5.41 Å². The second kappa shape index (κ2) is 8.37. The number of hydrogen-bond acceptors (Lipinski definition) is 2. The number of rotatable bonds is 2. The summed E-state index contributed by atoms with van der Waals surface area (Å²) in [4.78, 5) is 10.3. The van der Waals surface area contributed by atoms with Crippen molar-refractivity contribution >= 4 is 43.5 Å². The first-order chi connectivity index (χ1) is 20.6. The molecule has 2 heterocycles. The highest BCUT2D eigenvalue weighted by Crippen LogP contribution is 2.53. The van der Waals surface area contributed by atoms with Gasteiger partial charge in [0, 0.05) is 21.8 Å². The summed E-state index contributed by atoms with van der Waals surface area (Å²) < 4.78 is 2.40. The van der Waals surface area contributed by atoms with Crippen LogP contribution in [0.15, 0.2) is 128 Å². The molecular weight excluding hydrogens is 510 g/mol. The number of aromatic nitrogens is 3. The average Bonchev–Trinajstić information content (AvgIpc) is 3.49. The van der Waals surface area contributed by atoms with Gasteiger partial charge in [0.2, 0.25) is 0 Å². The molecule has 0 unspecified atom stereocenters. The fourth-order valence-corrected chi connectivity index (χ4v) is 7.35. The highest BCUT2D eigenvalue weighted by molar-refractivity contribution is 6.16. The van der Waals surface area contributed by atoms with Gasteiger partial charge in [0.25, 0.3) is 0 Å². The van der Waals surface area contributed by atoms with Gasteiger partial charge < -0.3 is 4.57 Å². The van der Waals surface area contributed by atoms with Gasteiger partial charge in [-0.3, -0.25) is 0 Å². The van der Waals surface area contributed by atoms with Crippen LogP contribution in [0.4, 0.5) is 0 Å². The molecule has 0 radical (unpaired) electrons. The summed E-state index contributed by atoms with van der Waals surface area (Å²) >= 11 is 0. The van der Waals surface area contributed by atoms with Gasteiger partial charge in [-0.05, 0) is 50.5 Å². The Labute approximate surface area is 243 Å². The van der Waals surface area contributed by atoms with Gasteiger partial charge >= 0.3 is 0 Å². The smallest absolute Gasteiger partial charge is 0.159 e. The Bertz CT molecular complexity index is 2380. The van der Waals surface area contributed by atoms with Crippen molar-refractivity contribution in [2.24, 2.45) is 0 Å². The second-order valence-electron chi connectivity index (χ2n) is 11.8. The quantitative estimate of drug-likeness (QED) is 0.205. The van der Waals surface area contributed by atoms with E-state index in [1.165, 1.54) is 49.2 Å². The van der Waals surface area contributed by atoms with Crippen LogP contribution in [-0.4, -0.2) is 14.5 Å². The van der Waals surface area contributed by atoms with Gasteiger partial charge in [0.05, 0.1) is 22.9 Å². The molecule has 0 spiro atoms. The van der Waals surface area contributed by atoms with Crippen LogP contribution in [0.3, 0.4) is 0 Å². The molecule has 0 N–H and O–H groups in total. The van der Waals surface area contributed by atoms with Crippen LogP contribution < -0.4 is 0 Å². The summed E-state index contributed by atoms with van der Waals surface area (Å²) in [7, 11) is 0. The minimum absolute atomic E-state index is 0.173. The van der Waals surface area contributed by atoms with Gasteiger partial charge in [-0.1, -0.05) is 123 Å². The molecule has 198 valence electrons. The number of benzene rings is 6. The van der Waals surface area contributed by atoms with Crippen molar-refractivity contribution in [1.82, 2.24) is 14.5 Å². The predicted octanol–water partition coefficient (Wildman–Crippen LogP) is 9.85. The first-order valence-corrected chi connectivity index (χ1v) is 14.5. The molecule has 0 atom stereocenters. The fraction of sp³-hybridized carbons (Fsp3) is 0.0769. The highest BCUT2D eigenvalue weighted by Gasteiger charge is 2.38. The van der Waals surface area contributed by atoms with E-state index in [4.69, 9.17) is 9.97 Å². The molecule has 0 saturated heterocycles. The molecule has 8 aromatic rings. The molecule has 3 heteroatoms. The van der Waals surface area contributed by atoms with Crippen molar-refractivity contribution < 1.29 is 0 Å². The molecule has 9 rings (SSSR count). The van der Waals surface area contributed by atoms with E-state index in [1.54, 1.807) is 0 Å². The Morgan fingerprint density at radius 3 is 2.19 bits per heavy atom. The maximum atomic E-state index is 5.34. The zero-order valence-electron chi connectivity index (χ0n) is 23.5. The van der Waals surface area contributed by atoms with E-state index < -0.39 is 0 Å². The topological polar surface area (TPSA) is 30.7 Å². The summed E-state index contributed by atoms with van der Waals surface area (Å²) in [5.41, 5.74) is 10.5. The standard InChI is InChI=1S/C39H27N3/c1-39(2)31-19-11-10-17-28(31)30-20-21-32-35(36(30)39)37-34(23-40-38(41-37)24-12-4-3-5-13-24)42(32)33-22-25-14-6-7-15-26(25)27-16-8-9-18-29(27)33/h3-23H,1-2H3. The van der Waals surface area contributed by atoms with Gasteiger partial charge in [0.1, 0.15) is 5.52 Å². The normalized spacial score (nSPS) is 13.7. The number of hydrogen-bond donors (Lipinski definition) is 0. The first kappa shape index (κ1) is 23.4. The van der Waals surface area contributed by atoms with E-state index in [9.17, 15) is 0 Å². The summed E-state index contributed by atoms with van der Waals surface area (Å²) in [6, 6.07) is 43.5. The molecule has 1 aliphatic carbocycles. The Kier molecular flexibility index (Phi) is 4.67. The van der Waals surface area contributed by atoms with Gasteiger partial charge in [-0.2, -0.15) is 0 Å².